The molecule has 1 aliphatic rings. The lowest BCUT2D eigenvalue weighted by Gasteiger charge is -2.36. The third-order valence-electron chi connectivity index (χ3n) is 6.39. The number of amides is 1. The Morgan fingerprint density at radius 3 is 2.44 bits per heavy atom. The Morgan fingerprint density at radius 2 is 1.85 bits per heavy atom. The summed E-state index contributed by atoms with van der Waals surface area (Å²) < 4.78 is 5.27. The molecule has 9 nitrogen and oxygen atoms in total. The van der Waals surface area contributed by atoms with E-state index in [4.69, 9.17) is 14.4 Å². The second-order valence-electron chi connectivity index (χ2n) is 8.64. The maximum absolute atomic E-state index is 12.7. The van der Waals surface area contributed by atoms with Crippen LogP contribution in [0, 0.1) is 17.0 Å². The largest absolute Gasteiger partial charge is 0.459 e. The Bertz CT molecular complexity index is 1150. The molecule has 178 valence electrons. The lowest BCUT2D eigenvalue weighted by atomic mass is 10.0. The molecule has 1 amide bonds. The van der Waals surface area contributed by atoms with Crippen molar-refractivity contribution < 1.29 is 14.1 Å². The van der Waals surface area contributed by atoms with Crippen molar-refractivity contribution in [2.24, 2.45) is 0 Å². The number of nitrogens with zero attached hydrogens (tertiary/aromatic N) is 5. The SMILES string of the molecule is CC[C@@H](C)c1nc(C)c(Cc2ccc([N+](=O)[O-])cc2)c(N2CCN(C(=O)c3ccco3)CC2)n1. The van der Waals surface area contributed by atoms with Crippen LogP contribution in [0.5, 0.6) is 0 Å². The number of nitro groups is 1. The number of hydrogen-bond donors (Lipinski definition) is 0. The number of aromatic nitrogens is 2. The number of piperazine rings is 1. The molecule has 3 heterocycles. The van der Waals surface area contributed by atoms with E-state index in [-0.39, 0.29) is 17.5 Å². The quantitative estimate of drug-likeness (QED) is 0.379. The number of benzene rings is 1. The Labute approximate surface area is 198 Å². The first-order valence-electron chi connectivity index (χ1n) is 11.6. The molecule has 1 aromatic carbocycles. The van der Waals surface area contributed by atoms with Gasteiger partial charge in [-0.05, 0) is 31.0 Å². The maximum atomic E-state index is 12.7. The van der Waals surface area contributed by atoms with Crippen molar-refractivity contribution in [3.63, 3.8) is 0 Å². The molecular formula is C25H29N5O4. The van der Waals surface area contributed by atoms with Crippen LogP contribution < -0.4 is 4.90 Å². The zero-order valence-electron chi connectivity index (χ0n) is 19.7. The summed E-state index contributed by atoms with van der Waals surface area (Å²) in [7, 11) is 0. The molecule has 34 heavy (non-hydrogen) atoms. The average molecular weight is 464 g/mol. The van der Waals surface area contributed by atoms with Crippen LogP contribution in [-0.2, 0) is 6.42 Å². The number of carbonyl (C=O) groups excluding carboxylic acids is 1. The second kappa shape index (κ2) is 10.0. The van der Waals surface area contributed by atoms with Gasteiger partial charge in [-0.2, -0.15) is 0 Å². The minimum Gasteiger partial charge on any atom is -0.459 e. The third-order valence-corrected chi connectivity index (χ3v) is 6.39. The summed E-state index contributed by atoms with van der Waals surface area (Å²) in [5, 5.41) is 11.0. The minimum atomic E-state index is -0.395. The third kappa shape index (κ3) is 4.93. The highest BCUT2D eigenvalue weighted by atomic mass is 16.6. The van der Waals surface area contributed by atoms with Crippen molar-refractivity contribution in [2.45, 2.75) is 39.5 Å². The zero-order valence-corrected chi connectivity index (χ0v) is 19.7. The lowest BCUT2D eigenvalue weighted by molar-refractivity contribution is -0.384. The Balaban J connectivity index is 1.60. The molecule has 0 N–H and O–H groups in total. The summed E-state index contributed by atoms with van der Waals surface area (Å²) in [5.74, 6) is 2.18. The van der Waals surface area contributed by atoms with Gasteiger partial charge in [0, 0.05) is 61.9 Å². The minimum absolute atomic E-state index is 0.0708. The molecule has 0 saturated carbocycles. The van der Waals surface area contributed by atoms with Crippen LogP contribution in [0.2, 0.25) is 0 Å². The Morgan fingerprint density at radius 1 is 1.15 bits per heavy atom. The van der Waals surface area contributed by atoms with Crippen molar-refractivity contribution in [3.8, 4) is 0 Å². The van der Waals surface area contributed by atoms with Gasteiger partial charge in [-0.1, -0.05) is 26.0 Å². The van der Waals surface area contributed by atoms with Crippen molar-refractivity contribution in [2.75, 3.05) is 31.1 Å². The molecule has 2 aromatic heterocycles. The van der Waals surface area contributed by atoms with Gasteiger partial charge in [0.25, 0.3) is 11.6 Å². The highest BCUT2D eigenvalue weighted by molar-refractivity contribution is 5.91. The first-order chi connectivity index (χ1) is 16.4. The van der Waals surface area contributed by atoms with Crippen molar-refractivity contribution in [1.29, 1.82) is 0 Å². The normalized spacial score (nSPS) is 14.8. The first kappa shape index (κ1) is 23.4. The van der Waals surface area contributed by atoms with E-state index in [1.54, 1.807) is 29.2 Å². The van der Waals surface area contributed by atoms with Crippen LogP contribution in [0.25, 0.3) is 0 Å². The van der Waals surface area contributed by atoms with Gasteiger partial charge in [0.15, 0.2) is 5.76 Å². The van der Waals surface area contributed by atoms with Crippen molar-refractivity contribution in [1.82, 2.24) is 14.9 Å². The van der Waals surface area contributed by atoms with E-state index >= 15 is 0 Å². The molecule has 1 saturated heterocycles. The summed E-state index contributed by atoms with van der Waals surface area (Å²) in [6.07, 6.45) is 3.02. The number of anilines is 1. The zero-order chi connectivity index (χ0) is 24.2. The van der Waals surface area contributed by atoms with Gasteiger partial charge >= 0.3 is 0 Å². The first-order valence-corrected chi connectivity index (χ1v) is 11.6. The van der Waals surface area contributed by atoms with Crippen molar-refractivity contribution >= 4 is 17.4 Å². The van der Waals surface area contributed by atoms with Gasteiger partial charge in [0.2, 0.25) is 0 Å². The Kier molecular flexibility index (Phi) is 6.90. The molecule has 1 atom stereocenters. The molecule has 9 heteroatoms. The number of hydrogen-bond acceptors (Lipinski definition) is 7. The summed E-state index contributed by atoms with van der Waals surface area (Å²) >= 11 is 0. The summed E-state index contributed by atoms with van der Waals surface area (Å²) in [5.41, 5.74) is 2.95. The number of nitro benzene ring substituents is 1. The fraction of sp³-hybridized carbons (Fsp3) is 0.400. The van der Waals surface area contributed by atoms with Crippen LogP contribution in [0.4, 0.5) is 11.5 Å². The lowest BCUT2D eigenvalue weighted by Crippen LogP contribution is -2.49. The van der Waals surface area contributed by atoms with E-state index in [9.17, 15) is 14.9 Å². The van der Waals surface area contributed by atoms with Crippen LogP contribution in [0.15, 0.2) is 47.1 Å². The smallest absolute Gasteiger partial charge is 0.289 e. The predicted octanol–water partition coefficient (Wildman–Crippen LogP) is 4.35. The van der Waals surface area contributed by atoms with E-state index in [1.165, 1.54) is 18.4 Å². The molecule has 0 radical (unpaired) electrons. The van der Waals surface area contributed by atoms with E-state index < -0.39 is 4.92 Å². The van der Waals surface area contributed by atoms with Crippen LogP contribution in [0.1, 0.15) is 59.4 Å². The molecule has 0 aliphatic carbocycles. The van der Waals surface area contributed by atoms with Crippen LogP contribution in [-0.4, -0.2) is 51.9 Å². The highest BCUT2D eigenvalue weighted by Gasteiger charge is 2.27. The van der Waals surface area contributed by atoms with Gasteiger partial charge < -0.3 is 14.2 Å². The van der Waals surface area contributed by atoms with Crippen LogP contribution in [0.3, 0.4) is 0 Å². The number of rotatable bonds is 7. The maximum Gasteiger partial charge on any atom is 0.289 e. The van der Waals surface area contributed by atoms with E-state index in [0.717, 1.165) is 34.9 Å². The molecule has 0 bridgehead atoms. The standard InChI is InChI=1S/C25H29N5O4/c1-4-17(2)23-26-18(3)21(16-19-7-9-20(10-8-19)30(32)33)24(27-23)28-11-13-29(14-12-28)25(31)22-6-5-15-34-22/h5-10,15,17H,4,11-14,16H2,1-3H3/t17-/m1/s1. The summed E-state index contributed by atoms with van der Waals surface area (Å²) in [4.78, 5) is 37.1. The van der Waals surface area contributed by atoms with Crippen molar-refractivity contribution in [3.05, 3.63) is 81.2 Å². The summed E-state index contributed by atoms with van der Waals surface area (Å²) in [6, 6.07) is 10.0. The fourth-order valence-electron chi connectivity index (χ4n) is 4.09. The van der Waals surface area contributed by atoms with Crippen LogP contribution >= 0.6 is 0 Å². The molecule has 0 spiro atoms. The predicted molar refractivity (Wildman–Crippen MR) is 128 cm³/mol. The van der Waals surface area contributed by atoms with Gasteiger partial charge in [-0.15, -0.1) is 0 Å². The van der Waals surface area contributed by atoms with Gasteiger partial charge in [-0.3, -0.25) is 14.9 Å². The number of furan rings is 1. The monoisotopic (exact) mass is 463 g/mol. The van der Waals surface area contributed by atoms with Gasteiger partial charge in [-0.25, -0.2) is 9.97 Å². The average Bonchev–Trinajstić information content (AvgIpc) is 3.39. The topological polar surface area (TPSA) is 106 Å². The van der Waals surface area contributed by atoms with E-state index in [1.807, 2.05) is 6.92 Å². The van der Waals surface area contributed by atoms with Gasteiger partial charge in [0.1, 0.15) is 11.6 Å². The molecule has 1 aliphatic heterocycles. The number of aryl methyl sites for hydroxylation is 1. The molecule has 3 aromatic rings. The second-order valence-corrected chi connectivity index (χ2v) is 8.64. The van der Waals surface area contributed by atoms with E-state index in [0.29, 0.717) is 38.4 Å². The Hall–Kier alpha value is -3.75. The number of non-ortho nitro benzene ring substituents is 1. The molecule has 1 fully saturated rings. The molecule has 4 rings (SSSR count). The van der Waals surface area contributed by atoms with E-state index in [2.05, 4.69) is 18.7 Å². The van der Waals surface area contributed by atoms with Gasteiger partial charge in [0.05, 0.1) is 11.2 Å². The number of carbonyl (C=O) groups is 1. The molecule has 0 unspecified atom stereocenters. The summed E-state index contributed by atoms with van der Waals surface area (Å²) in [6.45, 7) is 8.67. The highest BCUT2D eigenvalue weighted by Crippen LogP contribution is 2.28. The fourth-order valence-corrected chi connectivity index (χ4v) is 4.09. The molecular weight excluding hydrogens is 434 g/mol.